The topological polar surface area (TPSA) is 91.5 Å². The molecule has 2 N–H and O–H groups in total. The molecule has 2 heterocycles. The summed E-state index contributed by atoms with van der Waals surface area (Å²) in [6, 6.07) is 13.2. The van der Waals surface area contributed by atoms with Crippen molar-refractivity contribution in [3.63, 3.8) is 0 Å². The van der Waals surface area contributed by atoms with Crippen molar-refractivity contribution in [1.82, 2.24) is 20.0 Å². The number of pyridine rings is 1. The SMILES string of the molecule is BC(Nc1cc(Cl)c2ncc(C#N)c(N[C@H]3CCCCC3(C)C)c2c1)(c1ccc(F)cc1)c1cn(C2CC2)nn1. The predicted molar refractivity (Wildman–Crippen MR) is 159 cm³/mol. The number of nitrogens with zero attached hydrogens (tertiary/aromatic N) is 5. The molecule has 7 nitrogen and oxygen atoms in total. The maximum absolute atomic E-state index is 13.9. The Morgan fingerprint density at radius 1 is 1.18 bits per heavy atom. The molecule has 10 heteroatoms. The third kappa shape index (κ3) is 4.90. The molecule has 40 heavy (non-hydrogen) atoms. The van der Waals surface area contributed by atoms with Gasteiger partial charge in [-0.05, 0) is 60.9 Å². The van der Waals surface area contributed by atoms with Gasteiger partial charge in [0.25, 0.3) is 0 Å². The molecule has 2 aliphatic carbocycles. The number of hydrogen-bond donors (Lipinski definition) is 2. The lowest BCUT2D eigenvalue weighted by Crippen LogP contribution is -2.39. The lowest BCUT2D eigenvalue weighted by atomic mass is 9.69. The number of halogens is 2. The van der Waals surface area contributed by atoms with E-state index in [4.69, 9.17) is 11.6 Å². The number of nitrogens with one attached hydrogen (secondary N) is 2. The fraction of sp³-hybridized carbons (Fsp3) is 0.400. The number of fused-ring (bicyclic) bond motifs is 1. The van der Waals surface area contributed by atoms with Crippen LogP contribution in [-0.4, -0.2) is 33.9 Å². The molecular weight excluding hydrogens is 524 g/mol. The normalized spacial score (nSPS) is 20.0. The van der Waals surface area contributed by atoms with Crippen molar-refractivity contribution in [3.8, 4) is 6.07 Å². The van der Waals surface area contributed by atoms with Crippen LogP contribution in [0.25, 0.3) is 10.9 Å². The van der Waals surface area contributed by atoms with Crippen LogP contribution < -0.4 is 10.6 Å². The first-order valence-corrected chi connectivity index (χ1v) is 14.3. The first kappa shape index (κ1) is 26.6. The lowest BCUT2D eigenvalue weighted by molar-refractivity contribution is 0.217. The maximum atomic E-state index is 13.9. The van der Waals surface area contributed by atoms with Crippen molar-refractivity contribution in [1.29, 1.82) is 5.26 Å². The summed E-state index contributed by atoms with van der Waals surface area (Å²) in [5.41, 5.74) is 3.40. The number of anilines is 2. The summed E-state index contributed by atoms with van der Waals surface area (Å²) in [5, 5.41) is 27.5. The van der Waals surface area contributed by atoms with Gasteiger partial charge in [-0.3, -0.25) is 4.98 Å². The minimum Gasteiger partial charge on any atom is -0.380 e. The number of rotatable bonds is 7. The molecule has 0 spiro atoms. The summed E-state index contributed by atoms with van der Waals surface area (Å²) in [6.07, 6.45) is 10.3. The average Bonchev–Trinajstić information content (AvgIpc) is 3.65. The number of benzene rings is 2. The number of aromatic nitrogens is 4. The Balaban J connectivity index is 1.45. The first-order valence-electron chi connectivity index (χ1n) is 13.9. The smallest absolute Gasteiger partial charge is 0.148 e. The molecule has 4 aromatic rings. The predicted octanol–water partition coefficient (Wildman–Crippen LogP) is 6.15. The molecule has 0 aliphatic heterocycles. The van der Waals surface area contributed by atoms with Crippen LogP contribution in [0.1, 0.15) is 75.2 Å². The van der Waals surface area contributed by atoms with Crippen LogP contribution in [0.3, 0.4) is 0 Å². The molecule has 0 saturated heterocycles. The van der Waals surface area contributed by atoms with Crippen LogP contribution in [0.15, 0.2) is 48.8 Å². The van der Waals surface area contributed by atoms with Gasteiger partial charge < -0.3 is 10.6 Å². The molecule has 2 fully saturated rings. The largest absolute Gasteiger partial charge is 0.380 e. The molecule has 2 saturated carbocycles. The third-order valence-corrected chi connectivity index (χ3v) is 8.92. The highest BCUT2D eigenvalue weighted by Gasteiger charge is 2.35. The monoisotopic (exact) mass is 555 g/mol. The molecule has 204 valence electrons. The van der Waals surface area contributed by atoms with Gasteiger partial charge in [0.1, 0.15) is 25.4 Å². The Bertz CT molecular complexity index is 1610. The molecule has 0 radical (unpaired) electrons. The van der Waals surface area contributed by atoms with Crippen LogP contribution in [-0.2, 0) is 5.44 Å². The Hall–Kier alpha value is -3.64. The van der Waals surface area contributed by atoms with E-state index in [-0.39, 0.29) is 17.3 Å². The van der Waals surface area contributed by atoms with Gasteiger partial charge in [0.15, 0.2) is 0 Å². The zero-order chi connectivity index (χ0) is 28.1. The molecule has 2 aromatic carbocycles. The molecule has 2 aromatic heterocycles. The Labute approximate surface area is 239 Å². The molecule has 0 amide bonds. The van der Waals surface area contributed by atoms with Gasteiger partial charge >= 0.3 is 0 Å². The molecule has 2 aliphatic rings. The van der Waals surface area contributed by atoms with E-state index in [0.717, 1.165) is 54.4 Å². The summed E-state index contributed by atoms with van der Waals surface area (Å²) in [7, 11) is 2.01. The standard InChI is InChI=1S/C30H32BClFN7/c1-29(2)12-4-3-5-25(29)36-27-18(15-34)16-35-28-23(27)13-21(14-24(28)32)37-30(31,19-6-8-20(33)9-7-19)26-17-40(39-38-26)22-10-11-22/h6-9,13-14,16-17,22,25,37H,3-5,10-12,31H2,1-2H3,(H,35,36)/t25-,30?/m0/s1. The van der Waals surface area contributed by atoms with Gasteiger partial charge in [0.2, 0.25) is 0 Å². The quantitative estimate of drug-likeness (QED) is 0.266. The summed E-state index contributed by atoms with van der Waals surface area (Å²) >= 11 is 6.83. The third-order valence-electron chi connectivity index (χ3n) is 8.63. The Kier molecular flexibility index (Phi) is 6.70. The summed E-state index contributed by atoms with van der Waals surface area (Å²) in [6.45, 7) is 4.56. The van der Waals surface area contributed by atoms with E-state index in [0.29, 0.717) is 27.8 Å². The number of hydrogen-bond acceptors (Lipinski definition) is 6. The van der Waals surface area contributed by atoms with E-state index < -0.39 is 5.44 Å². The van der Waals surface area contributed by atoms with Gasteiger partial charge in [-0.25, -0.2) is 9.07 Å². The van der Waals surface area contributed by atoms with E-state index >= 15 is 0 Å². The minimum atomic E-state index is -0.836. The highest BCUT2D eigenvalue weighted by molar-refractivity contribution is 6.36. The van der Waals surface area contributed by atoms with Gasteiger partial charge in [-0.15, -0.1) is 5.10 Å². The van der Waals surface area contributed by atoms with Crippen molar-refractivity contribution in [2.45, 2.75) is 69.9 Å². The van der Waals surface area contributed by atoms with Gasteiger partial charge in [-0.2, -0.15) is 5.26 Å². The molecule has 2 atom stereocenters. The summed E-state index contributed by atoms with van der Waals surface area (Å²) < 4.78 is 15.8. The minimum absolute atomic E-state index is 0.0920. The van der Waals surface area contributed by atoms with Crippen molar-refractivity contribution in [2.24, 2.45) is 5.41 Å². The summed E-state index contributed by atoms with van der Waals surface area (Å²) in [4.78, 5) is 4.55. The first-order chi connectivity index (χ1) is 19.2. The maximum Gasteiger partial charge on any atom is 0.148 e. The van der Waals surface area contributed by atoms with E-state index in [1.807, 2.05) is 30.9 Å². The Morgan fingerprint density at radius 2 is 1.95 bits per heavy atom. The second-order valence-corrected chi connectivity index (χ2v) is 12.4. The molecular formula is C30H32BClFN7. The van der Waals surface area contributed by atoms with E-state index in [1.54, 1.807) is 18.3 Å². The highest BCUT2D eigenvalue weighted by atomic mass is 35.5. The van der Waals surface area contributed by atoms with E-state index in [2.05, 4.69) is 45.8 Å². The van der Waals surface area contributed by atoms with E-state index in [1.165, 1.54) is 18.6 Å². The molecule has 0 bridgehead atoms. The van der Waals surface area contributed by atoms with Gasteiger partial charge in [0.05, 0.1) is 39.5 Å². The molecule has 1 unspecified atom stereocenters. The number of nitriles is 1. The second-order valence-electron chi connectivity index (χ2n) is 12.0. The van der Waals surface area contributed by atoms with Crippen LogP contribution in [0.4, 0.5) is 15.8 Å². The zero-order valence-corrected chi connectivity index (χ0v) is 23.8. The lowest BCUT2D eigenvalue weighted by Gasteiger charge is -2.40. The van der Waals surface area contributed by atoms with Crippen molar-refractivity contribution >= 4 is 41.7 Å². The average molecular weight is 556 g/mol. The van der Waals surface area contributed by atoms with Crippen molar-refractivity contribution in [2.75, 3.05) is 10.6 Å². The highest BCUT2D eigenvalue weighted by Crippen LogP contribution is 2.41. The van der Waals surface area contributed by atoms with Crippen LogP contribution in [0.5, 0.6) is 0 Å². The van der Waals surface area contributed by atoms with E-state index in [9.17, 15) is 9.65 Å². The van der Waals surface area contributed by atoms with Crippen LogP contribution in [0, 0.1) is 22.6 Å². The fourth-order valence-electron chi connectivity index (χ4n) is 5.89. The van der Waals surface area contributed by atoms with Crippen LogP contribution >= 0.6 is 11.6 Å². The summed E-state index contributed by atoms with van der Waals surface area (Å²) in [5.74, 6) is -0.307. The molecule has 6 rings (SSSR count). The Morgan fingerprint density at radius 3 is 2.65 bits per heavy atom. The fourth-order valence-corrected chi connectivity index (χ4v) is 6.16. The van der Waals surface area contributed by atoms with Gasteiger partial charge in [0, 0.05) is 23.3 Å². The van der Waals surface area contributed by atoms with Gasteiger partial charge in [-0.1, -0.05) is 55.6 Å². The van der Waals surface area contributed by atoms with Crippen molar-refractivity contribution < 1.29 is 4.39 Å². The van der Waals surface area contributed by atoms with Crippen LogP contribution in [0.2, 0.25) is 5.02 Å². The second kappa shape index (κ2) is 10.1. The van der Waals surface area contributed by atoms with Crippen molar-refractivity contribution in [3.05, 3.63) is 76.5 Å². The zero-order valence-electron chi connectivity index (χ0n) is 23.0.